The smallest absolute Gasteiger partial charge is 0.165 e. The zero-order valence-electron chi connectivity index (χ0n) is 10.6. The van der Waals surface area contributed by atoms with Crippen LogP contribution in [-0.2, 0) is 0 Å². The van der Waals surface area contributed by atoms with Gasteiger partial charge in [0.05, 0.1) is 5.52 Å². The van der Waals surface area contributed by atoms with E-state index in [1.54, 1.807) is 6.20 Å². The van der Waals surface area contributed by atoms with E-state index in [1.165, 1.54) is 0 Å². The minimum atomic E-state index is 0.136. The van der Waals surface area contributed by atoms with E-state index < -0.39 is 0 Å². The lowest BCUT2D eigenvalue weighted by Crippen LogP contribution is -2.17. The molecule has 0 aliphatic rings. The Labute approximate surface area is 107 Å². The predicted molar refractivity (Wildman–Crippen MR) is 73.5 cm³/mol. The molecule has 3 heteroatoms. The normalized spacial score (nSPS) is 12.6. The average Bonchev–Trinajstić information content (AvgIpc) is 2.43. The first-order chi connectivity index (χ1) is 8.76. The number of para-hydroxylation sites is 1. The van der Waals surface area contributed by atoms with Crippen molar-refractivity contribution in [1.82, 2.24) is 4.98 Å². The van der Waals surface area contributed by atoms with Gasteiger partial charge in [0.25, 0.3) is 0 Å². The third kappa shape index (κ3) is 2.57. The van der Waals surface area contributed by atoms with Gasteiger partial charge in [0.15, 0.2) is 5.78 Å². The van der Waals surface area contributed by atoms with E-state index in [2.05, 4.69) is 11.9 Å². The zero-order chi connectivity index (χ0) is 13.0. The number of fused-ring (bicyclic) bond motifs is 1. The van der Waals surface area contributed by atoms with E-state index in [1.807, 2.05) is 30.3 Å². The second-order valence-corrected chi connectivity index (χ2v) is 4.52. The summed E-state index contributed by atoms with van der Waals surface area (Å²) in [6, 6.07) is 9.57. The molecular weight excluding hydrogens is 224 g/mol. The van der Waals surface area contributed by atoms with Crippen LogP contribution in [0.15, 0.2) is 36.5 Å². The molecular formula is C15H18N2O. The SMILES string of the molecule is CCC(CN)CC(=O)c1cccc2cccnc12. The third-order valence-corrected chi connectivity index (χ3v) is 3.32. The monoisotopic (exact) mass is 242 g/mol. The highest BCUT2D eigenvalue weighted by Gasteiger charge is 2.15. The first kappa shape index (κ1) is 12.7. The molecule has 18 heavy (non-hydrogen) atoms. The molecule has 0 fully saturated rings. The van der Waals surface area contributed by atoms with Gasteiger partial charge in [-0.15, -0.1) is 0 Å². The minimum absolute atomic E-state index is 0.136. The van der Waals surface area contributed by atoms with Crippen LogP contribution >= 0.6 is 0 Å². The first-order valence-corrected chi connectivity index (χ1v) is 6.33. The van der Waals surface area contributed by atoms with Gasteiger partial charge in [-0.2, -0.15) is 0 Å². The molecule has 1 aromatic heterocycles. The molecule has 2 N–H and O–H groups in total. The van der Waals surface area contributed by atoms with Crippen molar-refractivity contribution in [2.75, 3.05) is 6.54 Å². The quantitative estimate of drug-likeness (QED) is 0.820. The second-order valence-electron chi connectivity index (χ2n) is 4.52. The van der Waals surface area contributed by atoms with E-state index in [-0.39, 0.29) is 11.7 Å². The van der Waals surface area contributed by atoms with Crippen LogP contribution in [0.25, 0.3) is 10.9 Å². The maximum Gasteiger partial charge on any atom is 0.165 e. The number of nitrogens with zero attached hydrogens (tertiary/aromatic N) is 1. The summed E-state index contributed by atoms with van der Waals surface area (Å²) in [5.74, 6) is 0.396. The van der Waals surface area contributed by atoms with Gasteiger partial charge >= 0.3 is 0 Å². The van der Waals surface area contributed by atoms with Crippen molar-refractivity contribution in [3.63, 3.8) is 0 Å². The maximum atomic E-state index is 12.3. The van der Waals surface area contributed by atoms with E-state index in [0.29, 0.717) is 18.5 Å². The highest BCUT2D eigenvalue weighted by Crippen LogP contribution is 2.19. The molecule has 0 radical (unpaired) electrons. The topological polar surface area (TPSA) is 56.0 Å². The van der Waals surface area contributed by atoms with Crippen molar-refractivity contribution in [2.45, 2.75) is 19.8 Å². The first-order valence-electron chi connectivity index (χ1n) is 6.33. The number of benzene rings is 1. The number of aromatic nitrogens is 1. The van der Waals surface area contributed by atoms with Crippen LogP contribution in [0.4, 0.5) is 0 Å². The molecule has 0 aliphatic heterocycles. The van der Waals surface area contributed by atoms with Crippen molar-refractivity contribution < 1.29 is 4.79 Å². The molecule has 94 valence electrons. The van der Waals surface area contributed by atoms with Crippen LogP contribution in [0.1, 0.15) is 30.1 Å². The minimum Gasteiger partial charge on any atom is -0.330 e. The highest BCUT2D eigenvalue weighted by molar-refractivity contribution is 6.06. The number of pyridine rings is 1. The molecule has 0 aliphatic carbocycles. The molecule has 0 saturated carbocycles. The Hall–Kier alpha value is -1.74. The number of Topliss-reactive ketones (excluding diaryl/α,β-unsaturated/α-hetero) is 1. The van der Waals surface area contributed by atoms with Crippen molar-refractivity contribution in [3.8, 4) is 0 Å². The number of rotatable bonds is 5. The van der Waals surface area contributed by atoms with Gasteiger partial charge in [-0.1, -0.05) is 31.5 Å². The van der Waals surface area contributed by atoms with Crippen LogP contribution in [0.5, 0.6) is 0 Å². The highest BCUT2D eigenvalue weighted by atomic mass is 16.1. The van der Waals surface area contributed by atoms with Crippen molar-refractivity contribution in [1.29, 1.82) is 0 Å². The molecule has 1 aromatic carbocycles. The van der Waals surface area contributed by atoms with Gasteiger partial charge in [-0.3, -0.25) is 9.78 Å². The summed E-state index contributed by atoms with van der Waals surface area (Å²) in [7, 11) is 0. The van der Waals surface area contributed by atoms with Crippen molar-refractivity contribution in [2.24, 2.45) is 11.7 Å². The molecule has 1 heterocycles. The standard InChI is InChI=1S/C15H18N2O/c1-2-11(10-16)9-14(18)13-7-3-5-12-6-4-8-17-15(12)13/h3-8,11H,2,9-10,16H2,1H3. The van der Waals surface area contributed by atoms with Gasteiger partial charge in [-0.25, -0.2) is 0 Å². The van der Waals surface area contributed by atoms with E-state index >= 15 is 0 Å². The van der Waals surface area contributed by atoms with Crippen LogP contribution < -0.4 is 5.73 Å². The van der Waals surface area contributed by atoms with Gasteiger partial charge in [0, 0.05) is 23.6 Å². The third-order valence-electron chi connectivity index (χ3n) is 3.32. The number of hydrogen-bond donors (Lipinski definition) is 1. The molecule has 0 spiro atoms. The summed E-state index contributed by atoms with van der Waals surface area (Å²) >= 11 is 0. The largest absolute Gasteiger partial charge is 0.330 e. The number of nitrogens with two attached hydrogens (primary N) is 1. The molecule has 0 bridgehead atoms. The van der Waals surface area contributed by atoms with Gasteiger partial charge in [-0.05, 0) is 24.6 Å². The molecule has 3 nitrogen and oxygen atoms in total. The Morgan fingerprint density at radius 1 is 1.33 bits per heavy atom. The lowest BCUT2D eigenvalue weighted by atomic mass is 9.95. The molecule has 0 saturated heterocycles. The Kier molecular flexibility index (Phi) is 4.05. The molecule has 1 atom stereocenters. The molecule has 2 rings (SSSR count). The van der Waals surface area contributed by atoms with E-state index in [0.717, 1.165) is 17.3 Å². The Morgan fingerprint density at radius 2 is 2.11 bits per heavy atom. The van der Waals surface area contributed by atoms with Crippen molar-refractivity contribution >= 4 is 16.7 Å². The summed E-state index contributed by atoms with van der Waals surface area (Å²) in [4.78, 5) is 16.6. The lowest BCUT2D eigenvalue weighted by molar-refractivity contribution is 0.0963. The van der Waals surface area contributed by atoms with Crippen LogP contribution in [0, 0.1) is 5.92 Å². The summed E-state index contributed by atoms with van der Waals surface area (Å²) < 4.78 is 0. The Balaban J connectivity index is 2.33. The fraction of sp³-hybridized carbons (Fsp3) is 0.333. The van der Waals surface area contributed by atoms with Crippen LogP contribution in [-0.4, -0.2) is 17.3 Å². The number of carbonyl (C=O) groups excluding carboxylic acids is 1. The zero-order valence-corrected chi connectivity index (χ0v) is 10.6. The van der Waals surface area contributed by atoms with Crippen molar-refractivity contribution in [3.05, 3.63) is 42.1 Å². The molecule has 0 amide bonds. The Bertz CT molecular complexity index is 542. The molecule has 2 aromatic rings. The average molecular weight is 242 g/mol. The van der Waals surface area contributed by atoms with E-state index in [9.17, 15) is 4.79 Å². The summed E-state index contributed by atoms with van der Waals surface area (Å²) in [6.07, 6.45) is 3.16. The summed E-state index contributed by atoms with van der Waals surface area (Å²) in [5.41, 5.74) is 7.15. The number of carbonyl (C=O) groups is 1. The second kappa shape index (κ2) is 5.74. The summed E-state index contributed by atoms with van der Waals surface area (Å²) in [5, 5.41) is 1.00. The van der Waals surface area contributed by atoms with Gasteiger partial charge in [0.1, 0.15) is 0 Å². The maximum absolute atomic E-state index is 12.3. The van der Waals surface area contributed by atoms with Crippen LogP contribution in [0.2, 0.25) is 0 Å². The Morgan fingerprint density at radius 3 is 2.83 bits per heavy atom. The van der Waals surface area contributed by atoms with Crippen LogP contribution in [0.3, 0.4) is 0 Å². The van der Waals surface area contributed by atoms with E-state index in [4.69, 9.17) is 5.73 Å². The number of hydrogen-bond acceptors (Lipinski definition) is 3. The lowest BCUT2D eigenvalue weighted by Gasteiger charge is -2.11. The van der Waals surface area contributed by atoms with Gasteiger partial charge < -0.3 is 5.73 Å². The predicted octanol–water partition coefficient (Wildman–Crippen LogP) is 2.79. The fourth-order valence-electron chi connectivity index (χ4n) is 2.10. The molecule has 1 unspecified atom stereocenters. The van der Waals surface area contributed by atoms with Gasteiger partial charge in [0.2, 0.25) is 0 Å². The number of ketones is 1. The summed E-state index contributed by atoms with van der Waals surface area (Å²) in [6.45, 7) is 2.62. The fourth-order valence-corrected chi connectivity index (χ4v) is 2.10.